The molecule has 0 radical (unpaired) electrons. The van der Waals surface area contributed by atoms with Gasteiger partial charge in [-0.3, -0.25) is 9.69 Å². The van der Waals surface area contributed by atoms with E-state index in [0.717, 1.165) is 56.0 Å². The first kappa shape index (κ1) is 26.9. The standard InChI is InChI=1S/C28H37N9O2S/c1-15(20-6-5-9-36(20)3)39-27-33-19(11-22(34-27)37-13-16-10-17(14-37)32-16)24(30)35-26(38)28(2)8-4-7-21-23(28)18(12-29)25(31)40-21/h11,15-17,20,32H,4-10,13-14,31H2,1-3H3,(H2,30,35,38)/t15-,16?,17?,20-,28-/m0/s1. The summed E-state index contributed by atoms with van der Waals surface area (Å²) in [7, 11) is 2.11. The number of nitrogens with zero attached hydrogens (tertiary/aromatic N) is 6. The van der Waals surface area contributed by atoms with Crippen LogP contribution >= 0.6 is 11.3 Å². The molecule has 4 saturated heterocycles. The molecule has 2 unspecified atom stereocenters. The number of piperidine rings is 1. The lowest BCUT2D eigenvalue weighted by Crippen LogP contribution is -2.67. The Morgan fingerprint density at radius 2 is 2.10 bits per heavy atom. The van der Waals surface area contributed by atoms with Crippen molar-refractivity contribution in [1.82, 2.24) is 20.2 Å². The summed E-state index contributed by atoms with van der Waals surface area (Å²) in [5.74, 6) is 0.337. The van der Waals surface area contributed by atoms with Crippen molar-refractivity contribution in [3.05, 3.63) is 27.8 Å². The van der Waals surface area contributed by atoms with E-state index in [1.165, 1.54) is 17.8 Å². The highest BCUT2D eigenvalue weighted by Gasteiger charge is 2.43. The summed E-state index contributed by atoms with van der Waals surface area (Å²) in [4.78, 5) is 33.0. The number of nitriles is 1. The van der Waals surface area contributed by atoms with Gasteiger partial charge in [0.1, 0.15) is 28.7 Å². The largest absolute Gasteiger partial charge is 0.459 e. The Morgan fingerprint density at radius 3 is 2.77 bits per heavy atom. The van der Waals surface area contributed by atoms with Gasteiger partial charge in [0.05, 0.1) is 11.0 Å². The first-order chi connectivity index (χ1) is 19.2. The molecular formula is C28H37N9O2S. The van der Waals surface area contributed by atoms with Crippen molar-refractivity contribution in [2.75, 3.05) is 37.3 Å². The summed E-state index contributed by atoms with van der Waals surface area (Å²) in [6.07, 6.45) is 5.42. The van der Waals surface area contributed by atoms with Crippen LogP contribution < -0.4 is 26.4 Å². The molecule has 4 fully saturated rings. The van der Waals surface area contributed by atoms with E-state index in [1.54, 1.807) is 6.07 Å². The third kappa shape index (κ3) is 4.70. The molecular weight excluding hydrogens is 526 g/mol. The monoisotopic (exact) mass is 563 g/mol. The number of piperazine rings is 1. The fourth-order valence-corrected chi connectivity index (χ4v) is 8.02. The van der Waals surface area contributed by atoms with E-state index in [2.05, 4.69) is 38.2 Å². The number of likely N-dealkylation sites (tertiary alicyclic amines) is 1. The summed E-state index contributed by atoms with van der Waals surface area (Å²) < 4.78 is 6.30. The highest BCUT2D eigenvalue weighted by Crippen LogP contribution is 2.46. The lowest BCUT2D eigenvalue weighted by atomic mass is 9.72. The Hall–Kier alpha value is -3.27. The molecule has 212 valence electrons. The molecule has 1 aliphatic carbocycles. The lowest BCUT2D eigenvalue weighted by molar-refractivity contribution is -0.123. The van der Waals surface area contributed by atoms with Crippen molar-refractivity contribution >= 4 is 33.9 Å². The maximum atomic E-state index is 13.7. The number of amides is 1. The van der Waals surface area contributed by atoms with Crippen molar-refractivity contribution in [3.63, 3.8) is 0 Å². The predicted octanol–water partition coefficient (Wildman–Crippen LogP) is 1.93. The first-order valence-corrected chi connectivity index (χ1v) is 15.0. The number of hydrogen-bond donors (Lipinski definition) is 3. The van der Waals surface area contributed by atoms with Gasteiger partial charge in [0.2, 0.25) is 0 Å². The van der Waals surface area contributed by atoms with Gasteiger partial charge in [0, 0.05) is 47.7 Å². The van der Waals surface area contributed by atoms with Crippen LogP contribution in [0.2, 0.25) is 0 Å². The zero-order chi connectivity index (χ0) is 28.2. The minimum absolute atomic E-state index is 0.0134. The maximum absolute atomic E-state index is 13.7. The summed E-state index contributed by atoms with van der Waals surface area (Å²) in [5.41, 5.74) is 13.1. The number of amidine groups is 1. The molecule has 11 nitrogen and oxygen atoms in total. The predicted molar refractivity (Wildman–Crippen MR) is 155 cm³/mol. The Balaban J connectivity index is 1.32. The average molecular weight is 564 g/mol. The van der Waals surface area contributed by atoms with Gasteiger partial charge in [-0.2, -0.15) is 20.2 Å². The Labute approximate surface area is 238 Å². The van der Waals surface area contributed by atoms with Gasteiger partial charge >= 0.3 is 6.01 Å². The van der Waals surface area contributed by atoms with Crippen LogP contribution in [0, 0.1) is 11.3 Å². The molecule has 7 rings (SSSR count). The number of carbonyl (C=O) groups excluding carboxylic acids is 1. The van der Waals surface area contributed by atoms with Crippen LogP contribution in [0.1, 0.15) is 67.6 Å². The van der Waals surface area contributed by atoms with Gasteiger partial charge in [0.15, 0.2) is 5.84 Å². The van der Waals surface area contributed by atoms with Crippen molar-refractivity contribution in [2.45, 2.75) is 82.0 Å². The minimum atomic E-state index is -0.978. The number of nitrogens with one attached hydrogen (secondary N) is 1. The zero-order valence-electron chi connectivity index (χ0n) is 23.3. The summed E-state index contributed by atoms with van der Waals surface area (Å²) in [5, 5.41) is 13.8. The average Bonchev–Trinajstić information content (AvgIpc) is 3.50. The van der Waals surface area contributed by atoms with Gasteiger partial charge in [0.25, 0.3) is 5.91 Å². The van der Waals surface area contributed by atoms with Crippen LogP contribution in [0.25, 0.3) is 0 Å². The number of likely N-dealkylation sites (N-methyl/N-ethyl adjacent to an activating group) is 1. The number of carbonyl (C=O) groups is 1. The number of nitrogens with two attached hydrogens (primary N) is 2. The second-order valence-electron chi connectivity index (χ2n) is 11.8. The number of ether oxygens (including phenoxy) is 1. The molecule has 0 saturated carbocycles. The number of thiophene rings is 1. The molecule has 5 N–H and O–H groups in total. The van der Waals surface area contributed by atoms with E-state index in [1.807, 2.05) is 13.8 Å². The number of aliphatic imine (C=N–C) groups is 1. The highest BCUT2D eigenvalue weighted by atomic mass is 32.1. The molecule has 6 heterocycles. The van der Waals surface area contributed by atoms with Gasteiger partial charge in [-0.1, -0.05) is 0 Å². The van der Waals surface area contributed by atoms with Crippen molar-refractivity contribution in [2.24, 2.45) is 10.7 Å². The smallest absolute Gasteiger partial charge is 0.319 e. The Kier molecular flexibility index (Phi) is 6.92. The molecule has 2 bridgehead atoms. The van der Waals surface area contributed by atoms with Gasteiger partial charge < -0.3 is 26.4 Å². The topological polar surface area (TPSA) is 159 Å². The first-order valence-electron chi connectivity index (χ1n) is 14.1. The van der Waals surface area contributed by atoms with E-state index >= 15 is 0 Å². The second kappa shape index (κ2) is 10.3. The maximum Gasteiger partial charge on any atom is 0.319 e. The normalized spacial score (nSPS) is 28.9. The number of fused-ring (bicyclic) bond motifs is 3. The molecule has 4 aliphatic heterocycles. The van der Waals surface area contributed by atoms with E-state index in [-0.39, 0.29) is 24.0 Å². The van der Waals surface area contributed by atoms with Crippen LogP contribution in [0.4, 0.5) is 10.8 Å². The summed E-state index contributed by atoms with van der Waals surface area (Å²) >= 11 is 1.39. The van der Waals surface area contributed by atoms with E-state index < -0.39 is 11.3 Å². The number of nitrogen functional groups attached to an aromatic ring is 1. The number of rotatable bonds is 6. The van der Waals surface area contributed by atoms with E-state index in [9.17, 15) is 10.1 Å². The number of hydrogen-bond acceptors (Lipinski definition) is 10. The molecule has 2 aromatic rings. The third-order valence-corrected chi connectivity index (χ3v) is 10.1. The van der Waals surface area contributed by atoms with E-state index in [0.29, 0.717) is 40.3 Å². The quantitative estimate of drug-likeness (QED) is 0.350. The minimum Gasteiger partial charge on any atom is -0.459 e. The fraction of sp³-hybridized carbons (Fsp3) is 0.607. The molecule has 5 atom stereocenters. The molecule has 12 heteroatoms. The van der Waals surface area contributed by atoms with Crippen molar-refractivity contribution in [3.8, 4) is 12.1 Å². The third-order valence-electron chi connectivity index (χ3n) is 9.06. The Bertz CT molecular complexity index is 1380. The Morgan fingerprint density at radius 1 is 1.35 bits per heavy atom. The molecule has 40 heavy (non-hydrogen) atoms. The van der Waals surface area contributed by atoms with Gasteiger partial charge in [-0.05, 0) is 66.0 Å². The molecule has 2 aromatic heterocycles. The zero-order valence-corrected chi connectivity index (χ0v) is 24.1. The van der Waals surface area contributed by atoms with Crippen LogP contribution in [-0.4, -0.2) is 77.5 Å². The summed E-state index contributed by atoms with van der Waals surface area (Å²) in [6, 6.07) is 5.40. The van der Waals surface area contributed by atoms with E-state index in [4.69, 9.17) is 21.2 Å². The number of aromatic nitrogens is 2. The number of aryl methyl sites for hydroxylation is 1. The van der Waals surface area contributed by atoms with Crippen LogP contribution in [0.3, 0.4) is 0 Å². The summed E-state index contributed by atoms with van der Waals surface area (Å²) in [6.45, 7) is 6.59. The highest BCUT2D eigenvalue weighted by molar-refractivity contribution is 7.16. The molecule has 5 aliphatic rings. The van der Waals surface area contributed by atoms with Gasteiger partial charge in [-0.15, -0.1) is 11.3 Å². The number of anilines is 2. The van der Waals surface area contributed by atoms with Gasteiger partial charge in [-0.25, -0.2) is 0 Å². The van der Waals surface area contributed by atoms with Crippen molar-refractivity contribution < 1.29 is 9.53 Å². The SMILES string of the molecule is C[C@H](Oc1nc(C(N)=NC(=O)[C@@]2(C)CCCc3sc(N)c(C#N)c32)cc(N2CC3CC(C2)N3)n1)[C@@H]1CCCN1C. The lowest BCUT2D eigenvalue weighted by Gasteiger charge is -2.48. The fourth-order valence-electron chi connectivity index (χ4n) is 6.83. The van der Waals surface area contributed by atoms with Crippen LogP contribution in [0.15, 0.2) is 11.1 Å². The molecule has 1 amide bonds. The van der Waals surface area contributed by atoms with Crippen molar-refractivity contribution in [1.29, 1.82) is 5.26 Å². The molecule has 0 spiro atoms. The second-order valence-corrected chi connectivity index (χ2v) is 13.0. The molecule has 0 aromatic carbocycles. The van der Waals surface area contributed by atoms with Crippen LogP contribution in [-0.2, 0) is 16.6 Å². The van der Waals surface area contributed by atoms with Crippen LogP contribution in [0.5, 0.6) is 6.01 Å².